The number of hydrogen-bond donors (Lipinski definition) is 2. The lowest BCUT2D eigenvalue weighted by atomic mass is 9.73. The van der Waals surface area contributed by atoms with Crippen molar-refractivity contribution in [1.29, 1.82) is 0 Å². The van der Waals surface area contributed by atoms with Gasteiger partial charge in [-0.1, -0.05) is 25.1 Å². The average Bonchev–Trinajstić information content (AvgIpc) is 3.40. The Morgan fingerprint density at radius 3 is 2.37 bits per heavy atom. The van der Waals surface area contributed by atoms with E-state index in [4.69, 9.17) is 15.2 Å². The van der Waals surface area contributed by atoms with E-state index in [0.717, 1.165) is 48.8 Å². The molecule has 0 amide bonds. The highest BCUT2D eigenvalue weighted by atomic mass is 16.5. The maximum absolute atomic E-state index is 5.70. The minimum Gasteiger partial charge on any atom is -0.384 e. The minimum atomic E-state index is -0.513. The molecule has 5 heterocycles. The molecule has 10 nitrogen and oxygen atoms in total. The third-order valence-corrected chi connectivity index (χ3v) is 6.79. The zero-order valence-corrected chi connectivity index (χ0v) is 20.1. The van der Waals surface area contributed by atoms with E-state index in [1.54, 1.807) is 24.7 Å². The van der Waals surface area contributed by atoms with E-state index < -0.39 is 5.41 Å². The summed E-state index contributed by atoms with van der Waals surface area (Å²) in [4.78, 5) is 24.9. The van der Waals surface area contributed by atoms with Crippen LogP contribution in [0.1, 0.15) is 32.2 Å². The van der Waals surface area contributed by atoms with Gasteiger partial charge in [0.05, 0.1) is 23.5 Å². The van der Waals surface area contributed by atoms with Gasteiger partial charge in [0.25, 0.3) is 5.89 Å². The second-order valence-corrected chi connectivity index (χ2v) is 9.18. The molecule has 4 aromatic rings. The summed E-state index contributed by atoms with van der Waals surface area (Å²) in [5.74, 6) is 2.45. The predicted molar refractivity (Wildman–Crippen MR) is 134 cm³/mol. The van der Waals surface area contributed by atoms with Gasteiger partial charge in [0.15, 0.2) is 5.82 Å². The van der Waals surface area contributed by atoms with Gasteiger partial charge < -0.3 is 20.5 Å². The Labute approximate surface area is 204 Å². The van der Waals surface area contributed by atoms with Crippen molar-refractivity contribution in [3.05, 3.63) is 60.4 Å². The monoisotopic (exact) mass is 471 g/mol. The molecule has 1 aliphatic rings. The summed E-state index contributed by atoms with van der Waals surface area (Å²) < 4.78 is 5.63. The van der Waals surface area contributed by atoms with E-state index in [-0.39, 0.29) is 5.92 Å². The molecule has 0 radical (unpaired) electrons. The largest absolute Gasteiger partial charge is 0.384 e. The lowest BCUT2D eigenvalue weighted by molar-refractivity contribution is 0.350. The molecule has 1 unspecified atom stereocenters. The molecule has 1 atom stereocenters. The fraction of sp³-hybridized carbons (Fsp3) is 0.360. The maximum atomic E-state index is 5.70. The summed E-state index contributed by atoms with van der Waals surface area (Å²) in [6.07, 6.45) is 7.04. The van der Waals surface area contributed by atoms with Crippen molar-refractivity contribution < 1.29 is 4.52 Å². The summed E-state index contributed by atoms with van der Waals surface area (Å²) in [6.45, 7) is 10.1. The minimum absolute atomic E-state index is 0.181. The van der Waals surface area contributed by atoms with Crippen LogP contribution >= 0.6 is 0 Å². The molecule has 180 valence electrons. The number of anilines is 2. The van der Waals surface area contributed by atoms with Gasteiger partial charge in [0, 0.05) is 44.1 Å². The number of nitrogens with two attached hydrogens (primary N) is 1. The van der Waals surface area contributed by atoms with Crippen LogP contribution in [0.5, 0.6) is 0 Å². The number of piperazine rings is 1. The molecule has 10 heteroatoms. The molecule has 35 heavy (non-hydrogen) atoms. The van der Waals surface area contributed by atoms with Gasteiger partial charge in [-0.15, -0.1) is 0 Å². The lowest BCUT2D eigenvalue weighted by Crippen LogP contribution is -2.43. The highest BCUT2D eigenvalue weighted by Crippen LogP contribution is 2.38. The summed E-state index contributed by atoms with van der Waals surface area (Å²) in [5.41, 5.74) is 8.46. The summed E-state index contributed by atoms with van der Waals surface area (Å²) in [5, 5.41) is 7.68. The second kappa shape index (κ2) is 9.38. The second-order valence-electron chi connectivity index (χ2n) is 9.18. The molecule has 1 aliphatic heterocycles. The highest BCUT2D eigenvalue weighted by molar-refractivity contribution is 5.59. The SMILES string of the molecule is CC(C)C(C)(c1ccc(-c2ccc(N)nc2)nc1)c1noc(-c2cnc(N3CCNCC3)cn2)n1. The molecule has 0 saturated carbocycles. The predicted octanol–water partition coefficient (Wildman–Crippen LogP) is 2.94. The number of nitrogen functional groups attached to an aromatic ring is 1. The first-order valence-corrected chi connectivity index (χ1v) is 11.8. The van der Waals surface area contributed by atoms with Crippen molar-refractivity contribution in [1.82, 2.24) is 35.4 Å². The Morgan fingerprint density at radius 1 is 0.943 bits per heavy atom. The van der Waals surface area contributed by atoms with Crippen molar-refractivity contribution in [2.45, 2.75) is 26.2 Å². The molecular formula is C25H29N9O. The third-order valence-electron chi connectivity index (χ3n) is 6.79. The van der Waals surface area contributed by atoms with Gasteiger partial charge in [-0.2, -0.15) is 4.98 Å². The zero-order chi connectivity index (χ0) is 24.4. The van der Waals surface area contributed by atoms with Crippen LogP contribution in [0.25, 0.3) is 22.8 Å². The van der Waals surface area contributed by atoms with Crippen LogP contribution in [0.4, 0.5) is 11.6 Å². The topological polar surface area (TPSA) is 132 Å². The Hall–Kier alpha value is -3.92. The van der Waals surface area contributed by atoms with Crippen molar-refractivity contribution in [2.24, 2.45) is 5.92 Å². The number of hydrogen-bond acceptors (Lipinski definition) is 10. The number of pyridine rings is 2. The quantitative estimate of drug-likeness (QED) is 0.432. The highest BCUT2D eigenvalue weighted by Gasteiger charge is 2.38. The normalized spacial score (nSPS) is 15.8. The maximum Gasteiger partial charge on any atom is 0.278 e. The number of nitrogens with one attached hydrogen (secondary N) is 1. The Kier molecular flexibility index (Phi) is 6.12. The van der Waals surface area contributed by atoms with E-state index in [9.17, 15) is 0 Å². The van der Waals surface area contributed by atoms with Gasteiger partial charge in [0.2, 0.25) is 0 Å². The Bertz CT molecular complexity index is 1260. The Morgan fingerprint density at radius 2 is 1.74 bits per heavy atom. The number of nitrogens with zero attached hydrogens (tertiary/aromatic N) is 7. The fourth-order valence-corrected chi connectivity index (χ4v) is 4.18. The summed E-state index contributed by atoms with van der Waals surface area (Å²) in [7, 11) is 0. The average molecular weight is 472 g/mol. The summed E-state index contributed by atoms with van der Waals surface area (Å²) >= 11 is 0. The van der Waals surface area contributed by atoms with Crippen LogP contribution in [0.3, 0.4) is 0 Å². The van der Waals surface area contributed by atoms with Crippen molar-refractivity contribution in [2.75, 3.05) is 36.8 Å². The van der Waals surface area contributed by atoms with Crippen molar-refractivity contribution >= 4 is 11.6 Å². The zero-order valence-electron chi connectivity index (χ0n) is 20.1. The van der Waals surface area contributed by atoms with Crippen LogP contribution in [-0.2, 0) is 5.41 Å². The van der Waals surface area contributed by atoms with Crippen LogP contribution in [-0.4, -0.2) is 56.3 Å². The smallest absolute Gasteiger partial charge is 0.278 e. The van der Waals surface area contributed by atoms with Gasteiger partial charge >= 0.3 is 0 Å². The van der Waals surface area contributed by atoms with E-state index >= 15 is 0 Å². The van der Waals surface area contributed by atoms with Gasteiger partial charge in [-0.05, 0) is 36.6 Å². The standard InChI is InChI=1S/C25H29N9O/c1-16(2)25(3,18-5-6-19(28-13-18)17-4-7-21(26)30-12-17)24-32-23(35-33-24)20-14-31-22(15-29-20)34-10-8-27-9-11-34/h4-7,12-16,27H,8-11H2,1-3H3,(H2,26,30). The van der Waals surface area contributed by atoms with Gasteiger partial charge in [0.1, 0.15) is 17.3 Å². The van der Waals surface area contributed by atoms with Gasteiger partial charge in [-0.3, -0.25) is 4.98 Å². The first kappa shape index (κ1) is 22.9. The first-order chi connectivity index (χ1) is 16.9. The van der Waals surface area contributed by atoms with Gasteiger partial charge in [-0.25, -0.2) is 15.0 Å². The third kappa shape index (κ3) is 4.44. The molecule has 0 aromatic carbocycles. The van der Waals surface area contributed by atoms with Crippen LogP contribution in [0, 0.1) is 5.92 Å². The number of aromatic nitrogens is 6. The van der Waals surface area contributed by atoms with Crippen LogP contribution < -0.4 is 16.0 Å². The molecular weight excluding hydrogens is 442 g/mol. The molecule has 4 aromatic heterocycles. The molecule has 0 bridgehead atoms. The number of rotatable bonds is 6. The molecule has 1 saturated heterocycles. The molecule has 3 N–H and O–H groups in total. The van der Waals surface area contributed by atoms with Crippen LogP contribution in [0.15, 0.2) is 53.6 Å². The van der Waals surface area contributed by atoms with E-state index in [1.807, 2.05) is 18.3 Å². The van der Waals surface area contributed by atoms with Crippen LogP contribution in [0.2, 0.25) is 0 Å². The first-order valence-electron chi connectivity index (χ1n) is 11.8. The lowest BCUT2D eigenvalue weighted by Gasteiger charge is -2.30. The van der Waals surface area contributed by atoms with Crippen molar-refractivity contribution in [3.63, 3.8) is 0 Å². The van der Waals surface area contributed by atoms with E-state index in [2.05, 4.69) is 62.1 Å². The molecule has 0 spiro atoms. The molecule has 5 rings (SSSR count). The van der Waals surface area contributed by atoms with Crippen molar-refractivity contribution in [3.8, 4) is 22.8 Å². The molecule has 1 fully saturated rings. The molecule has 0 aliphatic carbocycles. The van der Waals surface area contributed by atoms with E-state index in [0.29, 0.717) is 23.2 Å². The Balaban J connectivity index is 1.40. The fourth-order valence-electron chi connectivity index (χ4n) is 4.18. The van der Waals surface area contributed by atoms with E-state index in [1.165, 1.54) is 0 Å². The summed E-state index contributed by atoms with van der Waals surface area (Å²) in [6, 6.07) is 7.70.